The van der Waals surface area contributed by atoms with Crippen LogP contribution in [0.2, 0.25) is 0 Å². The van der Waals surface area contributed by atoms with Crippen LogP contribution in [0, 0.1) is 11.6 Å². The van der Waals surface area contributed by atoms with E-state index in [0.717, 1.165) is 6.07 Å². The van der Waals surface area contributed by atoms with Crippen molar-refractivity contribution in [3.8, 4) is 28.7 Å². The third-order valence-electron chi connectivity index (χ3n) is 5.10. The van der Waals surface area contributed by atoms with E-state index in [1.54, 1.807) is 24.3 Å². The number of halogens is 2. The van der Waals surface area contributed by atoms with Gasteiger partial charge in [0, 0.05) is 0 Å². The molecule has 0 aliphatic rings. The van der Waals surface area contributed by atoms with Crippen LogP contribution < -0.4 is 28.4 Å². The van der Waals surface area contributed by atoms with Crippen molar-refractivity contribution in [1.82, 2.24) is 0 Å². The Bertz CT molecular complexity index is 1370. The fourth-order valence-corrected chi connectivity index (χ4v) is 4.47. The Hall–Kier alpha value is -3.99. The molecule has 11 heteroatoms. The molecule has 0 saturated carbocycles. The van der Waals surface area contributed by atoms with Gasteiger partial charge in [-0.25, -0.2) is 17.2 Å². The van der Waals surface area contributed by atoms with E-state index in [1.807, 2.05) is 0 Å². The van der Waals surface area contributed by atoms with Gasteiger partial charge in [-0.1, -0.05) is 12.2 Å². The quantitative estimate of drug-likeness (QED) is 0.376. The normalized spacial score (nSPS) is 11.3. The second kappa shape index (κ2) is 11.2. The Balaban J connectivity index is 1.99. The van der Waals surface area contributed by atoms with Crippen molar-refractivity contribution in [3.05, 3.63) is 65.2 Å². The van der Waals surface area contributed by atoms with Gasteiger partial charge in [-0.2, -0.15) is 0 Å². The molecular formula is C25H25F2NO7S. The molecule has 8 nitrogen and oxygen atoms in total. The second-order valence-electron chi connectivity index (χ2n) is 7.28. The van der Waals surface area contributed by atoms with Crippen molar-refractivity contribution in [1.29, 1.82) is 0 Å². The summed E-state index contributed by atoms with van der Waals surface area (Å²) in [7, 11) is 2.63. The maximum Gasteiger partial charge on any atom is 0.262 e. The summed E-state index contributed by atoms with van der Waals surface area (Å²) in [6.07, 6.45) is 3.22. The maximum atomic E-state index is 14.8. The minimum Gasteiger partial charge on any atom is -0.494 e. The number of nitrogens with one attached hydrogen (secondary N) is 1. The van der Waals surface area contributed by atoms with E-state index in [-0.39, 0.29) is 22.1 Å². The van der Waals surface area contributed by atoms with Gasteiger partial charge >= 0.3 is 0 Å². The van der Waals surface area contributed by atoms with E-state index in [0.29, 0.717) is 28.4 Å². The van der Waals surface area contributed by atoms with Gasteiger partial charge in [-0.15, -0.1) is 0 Å². The summed E-state index contributed by atoms with van der Waals surface area (Å²) in [5.74, 6) is -0.827. The van der Waals surface area contributed by atoms with E-state index in [9.17, 15) is 17.2 Å². The topological polar surface area (TPSA) is 92.3 Å². The Morgan fingerprint density at radius 2 is 1.22 bits per heavy atom. The van der Waals surface area contributed by atoms with Crippen molar-refractivity contribution in [3.63, 3.8) is 0 Å². The van der Waals surface area contributed by atoms with Crippen molar-refractivity contribution in [2.24, 2.45) is 0 Å². The molecule has 1 N–H and O–H groups in total. The maximum absolute atomic E-state index is 14.8. The SMILES string of the molecule is COc1ccc(S(=O)(=O)Nc2cc(C=Cc3cc(OC)c(OC)c(OC)c3)cc(F)c2OC)cc1F. The Kier molecular flexibility index (Phi) is 8.25. The summed E-state index contributed by atoms with van der Waals surface area (Å²) in [5.41, 5.74) is 0.801. The van der Waals surface area contributed by atoms with Crippen molar-refractivity contribution in [2.75, 3.05) is 40.3 Å². The minimum absolute atomic E-state index is 0.114. The predicted octanol–water partition coefficient (Wildman–Crippen LogP) is 4.98. The number of hydrogen-bond acceptors (Lipinski definition) is 7. The molecule has 0 saturated heterocycles. The molecule has 0 spiro atoms. The molecule has 0 radical (unpaired) electrons. The van der Waals surface area contributed by atoms with Gasteiger partial charge in [0.2, 0.25) is 5.75 Å². The first-order valence-electron chi connectivity index (χ1n) is 10.4. The summed E-state index contributed by atoms with van der Waals surface area (Å²) in [6, 6.07) is 9.10. The highest BCUT2D eigenvalue weighted by molar-refractivity contribution is 7.92. The summed E-state index contributed by atoms with van der Waals surface area (Å²) in [6.45, 7) is 0. The predicted molar refractivity (Wildman–Crippen MR) is 132 cm³/mol. The van der Waals surface area contributed by atoms with E-state index in [1.165, 1.54) is 59.8 Å². The first kappa shape index (κ1) is 26.6. The Morgan fingerprint density at radius 3 is 1.72 bits per heavy atom. The van der Waals surface area contributed by atoms with E-state index >= 15 is 0 Å². The van der Waals surface area contributed by atoms with Gasteiger partial charge in [0.1, 0.15) is 0 Å². The van der Waals surface area contributed by atoms with E-state index in [2.05, 4.69) is 4.72 Å². The number of benzene rings is 3. The van der Waals surface area contributed by atoms with Crippen LogP contribution >= 0.6 is 0 Å². The molecule has 3 rings (SSSR count). The molecule has 3 aromatic carbocycles. The molecule has 36 heavy (non-hydrogen) atoms. The lowest BCUT2D eigenvalue weighted by Crippen LogP contribution is -2.14. The second-order valence-corrected chi connectivity index (χ2v) is 8.96. The summed E-state index contributed by atoms with van der Waals surface area (Å²) in [4.78, 5) is -0.373. The lowest BCUT2D eigenvalue weighted by atomic mass is 10.1. The average Bonchev–Trinajstić information content (AvgIpc) is 2.86. The molecule has 0 aliphatic heterocycles. The standard InChI is InChI=1S/C25H25F2NO7S/c1-31-21-9-8-17(14-18(21)26)36(29,30)28-20-11-15(10-19(27)24(20)34-4)6-7-16-12-22(32-2)25(35-5)23(13-16)33-3/h6-14,28H,1-5H3. The number of hydrogen-bond donors (Lipinski definition) is 1. The zero-order valence-electron chi connectivity index (χ0n) is 20.2. The Labute approximate surface area is 208 Å². The van der Waals surface area contributed by atoms with Crippen LogP contribution in [0.15, 0.2) is 47.4 Å². The summed E-state index contributed by atoms with van der Waals surface area (Å²) in [5, 5.41) is 0. The van der Waals surface area contributed by atoms with Crippen LogP contribution in [0.4, 0.5) is 14.5 Å². The third kappa shape index (κ3) is 5.62. The lowest BCUT2D eigenvalue weighted by Gasteiger charge is -2.14. The third-order valence-corrected chi connectivity index (χ3v) is 6.47. The summed E-state index contributed by atoms with van der Waals surface area (Å²) < 4.78 is 82.7. The molecule has 0 atom stereocenters. The number of rotatable bonds is 10. The molecule has 0 aliphatic carbocycles. The van der Waals surface area contributed by atoms with Crippen LogP contribution in [-0.2, 0) is 10.0 Å². The van der Waals surface area contributed by atoms with Gasteiger partial charge in [-0.3, -0.25) is 4.72 Å². The smallest absolute Gasteiger partial charge is 0.262 e. The van der Waals surface area contributed by atoms with Gasteiger partial charge in [0.25, 0.3) is 10.0 Å². The average molecular weight is 522 g/mol. The van der Waals surface area contributed by atoms with Crippen molar-refractivity contribution < 1.29 is 40.9 Å². The molecule has 0 aromatic heterocycles. The van der Waals surface area contributed by atoms with Crippen LogP contribution in [0.25, 0.3) is 12.2 Å². The molecule has 0 bridgehead atoms. The fraction of sp³-hybridized carbons (Fsp3) is 0.200. The van der Waals surface area contributed by atoms with Crippen LogP contribution in [-0.4, -0.2) is 44.0 Å². The summed E-state index contributed by atoms with van der Waals surface area (Å²) >= 11 is 0. The van der Waals surface area contributed by atoms with Crippen LogP contribution in [0.3, 0.4) is 0 Å². The van der Waals surface area contributed by atoms with E-state index < -0.39 is 21.7 Å². The number of sulfonamides is 1. The fourth-order valence-electron chi connectivity index (χ4n) is 3.40. The molecular weight excluding hydrogens is 496 g/mol. The van der Waals surface area contributed by atoms with Crippen molar-refractivity contribution >= 4 is 27.9 Å². The largest absolute Gasteiger partial charge is 0.494 e. The van der Waals surface area contributed by atoms with Crippen LogP contribution in [0.5, 0.6) is 28.7 Å². The highest BCUT2D eigenvalue weighted by Gasteiger charge is 2.21. The highest BCUT2D eigenvalue weighted by atomic mass is 32.2. The monoisotopic (exact) mass is 521 g/mol. The van der Waals surface area contributed by atoms with Gasteiger partial charge in [0.15, 0.2) is 34.6 Å². The first-order chi connectivity index (χ1) is 17.2. The molecule has 3 aromatic rings. The molecule has 0 amide bonds. The van der Waals surface area contributed by atoms with Gasteiger partial charge < -0.3 is 23.7 Å². The highest BCUT2D eigenvalue weighted by Crippen LogP contribution is 2.39. The molecule has 192 valence electrons. The molecule has 0 fully saturated rings. The lowest BCUT2D eigenvalue weighted by molar-refractivity contribution is 0.324. The zero-order chi connectivity index (χ0) is 26.5. The van der Waals surface area contributed by atoms with Crippen LogP contribution in [0.1, 0.15) is 11.1 Å². The van der Waals surface area contributed by atoms with Crippen molar-refractivity contribution in [2.45, 2.75) is 4.90 Å². The number of ether oxygens (including phenoxy) is 5. The van der Waals surface area contributed by atoms with E-state index in [4.69, 9.17) is 23.7 Å². The van der Waals surface area contributed by atoms with Gasteiger partial charge in [-0.05, 0) is 53.6 Å². The number of anilines is 1. The van der Waals surface area contributed by atoms with Gasteiger partial charge in [0.05, 0.1) is 46.1 Å². The molecule has 0 unspecified atom stereocenters. The molecule has 0 heterocycles. The zero-order valence-corrected chi connectivity index (χ0v) is 21.0. The Morgan fingerprint density at radius 1 is 0.667 bits per heavy atom. The first-order valence-corrected chi connectivity index (χ1v) is 11.9. The number of methoxy groups -OCH3 is 5. The minimum atomic E-state index is -4.28.